The van der Waals surface area contributed by atoms with Crippen LogP contribution in [0.1, 0.15) is 31.7 Å². The van der Waals surface area contributed by atoms with Crippen LogP contribution in [0, 0.1) is 0 Å². The lowest BCUT2D eigenvalue weighted by Gasteiger charge is -2.12. The molecule has 2 nitrogen and oxygen atoms in total. The summed E-state index contributed by atoms with van der Waals surface area (Å²) in [6.45, 7) is 8.05. The van der Waals surface area contributed by atoms with Gasteiger partial charge in [-0.25, -0.2) is 0 Å². The van der Waals surface area contributed by atoms with Crippen LogP contribution >= 0.6 is 0 Å². The van der Waals surface area contributed by atoms with Crippen LogP contribution in [0.3, 0.4) is 0 Å². The van der Waals surface area contributed by atoms with Crippen molar-refractivity contribution in [3.05, 3.63) is 35.9 Å². The van der Waals surface area contributed by atoms with Gasteiger partial charge in [-0.1, -0.05) is 37.3 Å². The molecule has 0 spiro atoms. The van der Waals surface area contributed by atoms with Crippen LogP contribution in [-0.4, -0.2) is 26.3 Å². The van der Waals surface area contributed by atoms with Crippen molar-refractivity contribution in [2.75, 3.05) is 26.3 Å². The summed E-state index contributed by atoms with van der Waals surface area (Å²) in [4.78, 5) is 0. The molecular formula is C14H23NO. The highest BCUT2D eigenvalue weighted by molar-refractivity contribution is 5.18. The zero-order valence-electron chi connectivity index (χ0n) is 10.4. The van der Waals surface area contributed by atoms with Gasteiger partial charge in [0.15, 0.2) is 0 Å². The summed E-state index contributed by atoms with van der Waals surface area (Å²) >= 11 is 0. The van der Waals surface area contributed by atoms with Crippen molar-refractivity contribution in [2.24, 2.45) is 0 Å². The number of rotatable bonds is 8. The molecule has 0 aliphatic heterocycles. The highest BCUT2D eigenvalue weighted by Gasteiger charge is 2.03. The first-order valence-corrected chi connectivity index (χ1v) is 6.18. The molecule has 1 unspecified atom stereocenters. The number of nitrogens with one attached hydrogen (secondary N) is 1. The first-order valence-electron chi connectivity index (χ1n) is 6.18. The molecule has 0 saturated heterocycles. The van der Waals surface area contributed by atoms with Crippen LogP contribution in [0.15, 0.2) is 30.3 Å². The van der Waals surface area contributed by atoms with Gasteiger partial charge in [-0.2, -0.15) is 0 Å². The molecule has 0 radical (unpaired) electrons. The van der Waals surface area contributed by atoms with Crippen LogP contribution in [0.5, 0.6) is 0 Å². The van der Waals surface area contributed by atoms with Crippen molar-refractivity contribution >= 4 is 0 Å². The fourth-order valence-corrected chi connectivity index (χ4v) is 1.66. The first kappa shape index (κ1) is 13.2. The Morgan fingerprint density at radius 3 is 2.69 bits per heavy atom. The highest BCUT2D eigenvalue weighted by atomic mass is 16.5. The van der Waals surface area contributed by atoms with E-state index in [1.807, 2.05) is 6.92 Å². The van der Waals surface area contributed by atoms with E-state index in [0.29, 0.717) is 5.92 Å². The van der Waals surface area contributed by atoms with E-state index >= 15 is 0 Å². The van der Waals surface area contributed by atoms with Crippen LogP contribution < -0.4 is 5.32 Å². The quantitative estimate of drug-likeness (QED) is 0.682. The van der Waals surface area contributed by atoms with Gasteiger partial charge >= 0.3 is 0 Å². The standard InChI is InChI=1S/C14H23NO/c1-3-16-11-7-10-15-12-13(2)14-8-5-4-6-9-14/h4-6,8-9,13,15H,3,7,10-12H2,1-2H3. The Labute approximate surface area is 99.0 Å². The van der Waals surface area contributed by atoms with Crippen molar-refractivity contribution in [2.45, 2.75) is 26.2 Å². The Hall–Kier alpha value is -0.860. The van der Waals surface area contributed by atoms with Gasteiger partial charge in [0.1, 0.15) is 0 Å². The molecule has 0 heterocycles. The molecule has 1 N–H and O–H groups in total. The summed E-state index contributed by atoms with van der Waals surface area (Å²) in [5, 5.41) is 3.46. The van der Waals surface area contributed by atoms with E-state index < -0.39 is 0 Å². The normalized spacial score (nSPS) is 12.6. The lowest BCUT2D eigenvalue weighted by Crippen LogP contribution is -2.22. The molecule has 0 aromatic heterocycles. The Balaban J connectivity index is 2.09. The van der Waals surface area contributed by atoms with Crippen molar-refractivity contribution in [3.8, 4) is 0 Å². The van der Waals surface area contributed by atoms with E-state index in [2.05, 4.69) is 42.6 Å². The zero-order valence-corrected chi connectivity index (χ0v) is 10.4. The van der Waals surface area contributed by atoms with Gasteiger partial charge in [-0.05, 0) is 31.4 Å². The molecule has 1 atom stereocenters. The van der Waals surface area contributed by atoms with Gasteiger partial charge in [-0.3, -0.25) is 0 Å². The molecule has 90 valence electrons. The molecule has 1 aromatic carbocycles. The Kier molecular flexibility index (Phi) is 6.86. The molecule has 1 aromatic rings. The van der Waals surface area contributed by atoms with Gasteiger partial charge in [0.2, 0.25) is 0 Å². The lowest BCUT2D eigenvalue weighted by molar-refractivity contribution is 0.144. The van der Waals surface area contributed by atoms with Crippen LogP contribution in [-0.2, 0) is 4.74 Å². The second-order valence-electron chi connectivity index (χ2n) is 4.07. The second kappa shape index (κ2) is 8.31. The van der Waals surface area contributed by atoms with Crippen LogP contribution in [0.25, 0.3) is 0 Å². The lowest BCUT2D eigenvalue weighted by atomic mass is 10.0. The molecular weight excluding hydrogens is 198 g/mol. The van der Waals surface area contributed by atoms with Gasteiger partial charge in [0.05, 0.1) is 0 Å². The van der Waals surface area contributed by atoms with E-state index in [1.165, 1.54) is 5.56 Å². The van der Waals surface area contributed by atoms with Crippen LogP contribution in [0.4, 0.5) is 0 Å². The van der Waals surface area contributed by atoms with Crippen LogP contribution in [0.2, 0.25) is 0 Å². The highest BCUT2D eigenvalue weighted by Crippen LogP contribution is 2.12. The fraction of sp³-hybridized carbons (Fsp3) is 0.571. The fourth-order valence-electron chi connectivity index (χ4n) is 1.66. The number of hydrogen-bond donors (Lipinski definition) is 1. The zero-order chi connectivity index (χ0) is 11.6. The summed E-state index contributed by atoms with van der Waals surface area (Å²) in [6, 6.07) is 10.6. The van der Waals surface area contributed by atoms with Crippen molar-refractivity contribution in [3.63, 3.8) is 0 Å². The third-order valence-electron chi connectivity index (χ3n) is 2.67. The third kappa shape index (κ3) is 5.29. The van der Waals surface area contributed by atoms with Crippen molar-refractivity contribution < 1.29 is 4.74 Å². The summed E-state index contributed by atoms with van der Waals surface area (Å²) < 4.78 is 5.29. The minimum Gasteiger partial charge on any atom is -0.382 e. The largest absolute Gasteiger partial charge is 0.382 e. The molecule has 2 heteroatoms. The maximum absolute atomic E-state index is 5.29. The SMILES string of the molecule is CCOCCCNCC(C)c1ccccc1. The molecule has 16 heavy (non-hydrogen) atoms. The van der Waals surface area contributed by atoms with E-state index in [4.69, 9.17) is 4.74 Å². The smallest absolute Gasteiger partial charge is 0.0477 e. The molecule has 0 aliphatic carbocycles. The van der Waals surface area contributed by atoms with E-state index in [-0.39, 0.29) is 0 Å². The molecule has 0 aliphatic rings. The Morgan fingerprint density at radius 1 is 1.25 bits per heavy atom. The first-order chi connectivity index (χ1) is 7.84. The summed E-state index contributed by atoms with van der Waals surface area (Å²) in [6.07, 6.45) is 1.09. The van der Waals surface area contributed by atoms with E-state index in [9.17, 15) is 0 Å². The monoisotopic (exact) mass is 221 g/mol. The van der Waals surface area contributed by atoms with Gasteiger partial charge in [0, 0.05) is 19.8 Å². The minimum atomic E-state index is 0.577. The number of ether oxygens (including phenoxy) is 1. The Bertz CT molecular complexity index is 261. The summed E-state index contributed by atoms with van der Waals surface area (Å²) in [7, 11) is 0. The predicted molar refractivity (Wildman–Crippen MR) is 68.8 cm³/mol. The minimum absolute atomic E-state index is 0.577. The van der Waals surface area contributed by atoms with Gasteiger partial charge < -0.3 is 10.1 Å². The summed E-state index contributed by atoms with van der Waals surface area (Å²) in [5.41, 5.74) is 1.40. The molecule has 0 fully saturated rings. The van der Waals surface area contributed by atoms with Crippen molar-refractivity contribution in [1.29, 1.82) is 0 Å². The average Bonchev–Trinajstić information content (AvgIpc) is 2.34. The Morgan fingerprint density at radius 2 is 2.00 bits per heavy atom. The third-order valence-corrected chi connectivity index (χ3v) is 2.67. The number of hydrogen-bond acceptors (Lipinski definition) is 2. The molecule has 1 rings (SSSR count). The molecule has 0 saturated carbocycles. The molecule has 0 amide bonds. The predicted octanol–water partition coefficient (Wildman–Crippen LogP) is 2.81. The van der Waals surface area contributed by atoms with Gasteiger partial charge in [0.25, 0.3) is 0 Å². The van der Waals surface area contributed by atoms with E-state index in [0.717, 1.165) is 32.7 Å². The number of benzene rings is 1. The van der Waals surface area contributed by atoms with Gasteiger partial charge in [-0.15, -0.1) is 0 Å². The van der Waals surface area contributed by atoms with Crippen molar-refractivity contribution in [1.82, 2.24) is 5.32 Å². The second-order valence-corrected chi connectivity index (χ2v) is 4.07. The van der Waals surface area contributed by atoms with E-state index in [1.54, 1.807) is 0 Å². The maximum Gasteiger partial charge on any atom is 0.0477 e. The summed E-state index contributed by atoms with van der Waals surface area (Å²) in [5.74, 6) is 0.577. The topological polar surface area (TPSA) is 21.3 Å². The molecule has 0 bridgehead atoms. The maximum atomic E-state index is 5.29. The average molecular weight is 221 g/mol.